The van der Waals surface area contributed by atoms with Crippen molar-refractivity contribution in [3.8, 4) is 11.5 Å². The van der Waals surface area contributed by atoms with Crippen molar-refractivity contribution in [2.75, 3.05) is 31.0 Å². The highest BCUT2D eigenvalue weighted by molar-refractivity contribution is 6.05. The largest absolute Gasteiger partial charge is 0.497 e. The molecule has 0 bridgehead atoms. The van der Waals surface area contributed by atoms with Gasteiger partial charge in [-0.05, 0) is 49.2 Å². The zero-order valence-electron chi connectivity index (χ0n) is 15.2. The predicted octanol–water partition coefficient (Wildman–Crippen LogP) is 3.26. The first-order valence-corrected chi connectivity index (χ1v) is 8.53. The molecule has 1 heterocycles. The van der Waals surface area contributed by atoms with Crippen LogP contribution in [0.5, 0.6) is 11.5 Å². The van der Waals surface area contributed by atoms with E-state index in [0.717, 1.165) is 11.3 Å². The zero-order chi connectivity index (χ0) is 18.7. The highest BCUT2D eigenvalue weighted by Gasteiger charge is 2.23. The molecule has 2 aromatic rings. The summed E-state index contributed by atoms with van der Waals surface area (Å²) in [7, 11) is 3.08. The molecule has 0 spiro atoms. The van der Waals surface area contributed by atoms with Gasteiger partial charge in [0.15, 0.2) is 0 Å². The minimum atomic E-state index is -0.249. The van der Waals surface area contributed by atoms with E-state index >= 15 is 0 Å². The number of nitrogens with zero attached hydrogens (tertiary/aromatic N) is 1. The van der Waals surface area contributed by atoms with Gasteiger partial charge in [0.1, 0.15) is 11.5 Å². The number of ether oxygens (including phenoxy) is 2. The second-order valence-corrected chi connectivity index (χ2v) is 6.04. The lowest BCUT2D eigenvalue weighted by Gasteiger charge is -2.28. The van der Waals surface area contributed by atoms with Crippen LogP contribution >= 0.6 is 0 Å². The molecular weight excluding hydrogens is 332 g/mol. The molecule has 0 atom stereocenters. The molecule has 2 aromatic carbocycles. The Morgan fingerprint density at radius 1 is 1.08 bits per heavy atom. The maximum atomic E-state index is 12.6. The van der Waals surface area contributed by atoms with Gasteiger partial charge in [0.05, 0.1) is 14.2 Å². The number of hydrogen-bond acceptors (Lipinski definition) is 4. The second-order valence-electron chi connectivity index (χ2n) is 6.04. The van der Waals surface area contributed by atoms with Crippen molar-refractivity contribution in [1.82, 2.24) is 0 Å². The number of anilines is 2. The molecule has 6 heteroatoms. The quantitative estimate of drug-likeness (QED) is 0.895. The zero-order valence-corrected chi connectivity index (χ0v) is 15.2. The third-order valence-electron chi connectivity index (χ3n) is 4.47. The first-order valence-electron chi connectivity index (χ1n) is 8.53. The van der Waals surface area contributed by atoms with E-state index < -0.39 is 0 Å². The standard InChI is InChI=1S/C20H22N2O4/c1-4-22-18-7-6-15(9-13(18)5-8-19(22)23)21-20(24)14-10-16(25-2)12-17(11-14)26-3/h6-7,9-12H,4-5,8H2,1-3H3,(H,21,24). The van der Waals surface area contributed by atoms with Gasteiger partial charge in [0, 0.05) is 36.0 Å². The van der Waals surface area contributed by atoms with Crippen LogP contribution < -0.4 is 19.7 Å². The summed E-state index contributed by atoms with van der Waals surface area (Å²) in [6.45, 7) is 2.60. The smallest absolute Gasteiger partial charge is 0.255 e. The molecule has 0 saturated heterocycles. The number of rotatable bonds is 5. The summed E-state index contributed by atoms with van der Waals surface area (Å²) in [6, 6.07) is 10.7. The monoisotopic (exact) mass is 354 g/mol. The summed E-state index contributed by atoms with van der Waals surface area (Å²) in [5.41, 5.74) is 3.13. The fourth-order valence-corrected chi connectivity index (χ4v) is 3.13. The summed E-state index contributed by atoms with van der Waals surface area (Å²) < 4.78 is 10.4. The van der Waals surface area contributed by atoms with E-state index in [1.165, 1.54) is 0 Å². The number of fused-ring (bicyclic) bond motifs is 1. The maximum absolute atomic E-state index is 12.6. The predicted molar refractivity (Wildman–Crippen MR) is 100 cm³/mol. The first kappa shape index (κ1) is 17.8. The number of amides is 2. The van der Waals surface area contributed by atoms with Crippen molar-refractivity contribution in [2.24, 2.45) is 0 Å². The van der Waals surface area contributed by atoms with Crippen LogP contribution in [0.4, 0.5) is 11.4 Å². The van der Waals surface area contributed by atoms with Gasteiger partial charge in [-0.1, -0.05) is 0 Å². The van der Waals surface area contributed by atoms with E-state index in [4.69, 9.17) is 9.47 Å². The molecule has 1 aliphatic rings. The van der Waals surface area contributed by atoms with Crippen molar-refractivity contribution in [3.05, 3.63) is 47.5 Å². The Morgan fingerprint density at radius 2 is 1.77 bits per heavy atom. The van der Waals surface area contributed by atoms with Crippen LogP contribution in [0.25, 0.3) is 0 Å². The molecule has 6 nitrogen and oxygen atoms in total. The van der Waals surface area contributed by atoms with Crippen molar-refractivity contribution < 1.29 is 19.1 Å². The topological polar surface area (TPSA) is 67.9 Å². The van der Waals surface area contributed by atoms with Gasteiger partial charge in [0.2, 0.25) is 5.91 Å². The number of nitrogens with one attached hydrogen (secondary N) is 1. The van der Waals surface area contributed by atoms with Gasteiger partial charge in [-0.3, -0.25) is 9.59 Å². The van der Waals surface area contributed by atoms with E-state index in [1.807, 2.05) is 25.1 Å². The van der Waals surface area contributed by atoms with E-state index in [0.29, 0.717) is 42.1 Å². The number of methoxy groups -OCH3 is 2. The van der Waals surface area contributed by atoms with Gasteiger partial charge in [-0.15, -0.1) is 0 Å². The van der Waals surface area contributed by atoms with Crippen molar-refractivity contribution in [2.45, 2.75) is 19.8 Å². The van der Waals surface area contributed by atoms with Crippen LogP contribution in [-0.2, 0) is 11.2 Å². The minimum absolute atomic E-state index is 0.139. The fourth-order valence-electron chi connectivity index (χ4n) is 3.13. The van der Waals surface area contributed by atoms with Gasteiger partial charge in [-0.25, -0.2) is 0 Å². The molecular formula is C20H22N2O4. The Morgan fingerprint density at radius 3 is 2.38 bits per heavy atom. The molecule has 0 fully saturated rings. The third-order valence-corrected chi connectivity index (χ3v) is 4.47. The number of carbonyl (C=O) groups is 2. The van der Waals surface area contributed by atoms with Crippen LogP contribution in [-0.4, -0.2) is 32.6 Å². The Bertz CT molecular complexity index is 825. The summed E-state index contributed by atoms with van der Waals surface area (Å²) in [6.07, 6.45) is 1.17. The molecule has 2 amide bonds. The lowest BCUT2D eigenvalue weighted by Crippen LogP contribution is -2.34. The molecule has 0 saturated carbocycles. The summed E-state index contributed by atoms with van der Waals surface area (Å²) in [5.74, 6) is 0.996. The van der Waals surface area contributed by atoms with Crippen LogP contribution in [0, 0.1) is 0 Å². The molecule has 0 radical (unpaired) electrons. The third kappa shape index (κ3) is 3.49. The number of hydrogen-bond donors (Lipinski definition) is 1. The number of aryl methyl sites for hydroxylation is 1. The molecule has 136 valence electrons. The lowest BCUT2D eigenvalue weighted by atomic mass is 10.0. The Hall–Kier alpha value is -3.02. The molecule has 1 aliphatic heterocycles. The van der Waals surface area contributed by atoms with E-state index in [9.17, 15) is 9.59 Å². The molecule has 26 heavy (non-hydrogen) atoms. The highest BCUT2D eigenvalue weighted by Crippen LogP contribution is 2.30. The number of carbonyl (C=O) groups excluding carboxylic acids is 2. The summed E-state index contributed by atoms with van der Waals surface area (Å²) >= 11 is 0. The average molecular weight is 354 g/mol. The van der Waals surface area contributed by atoms with Crippen LogP contribution in [0.1, 0.15) is 29.3 Å². The molecule has 0 unspecified atom stereocenters. The number of benzene rings is 2. The first-order chi connectivity index (χ1) is 12.5. The van der Waals surface area contributed by atoms with Gasteiger partial charge < -0.3 is 19.7 Å². The minimum Gasteiger partial charge on any atom is -0.497 e. The lowest BCUT2D eigenvalue weighted by molar-refractivity contribution is -0.118. The van der Waals surface area contributed by atoms with Gasteiger partial charge >= 0.3 is 0 Å². The molecule has 1 N–H and O–H groups in total. The van der Waals surface area contributed by atoms with E-state index in [-0.39, 0.29) is 11.8 Å². The Balaban J connectivity index is 1.83. The van der Waals surface area contributed by atoms with Crippen molar-refractivity contribution in [1.29, 1.82) is 0 Å². The molecule has 3 rings (SSSR count). The van der Waals surface area contributed by atoms with Crippen LogP contribution in [0.2, 0.25) is 0 Å². The summed E-state index contributed by atoms with van der Waals surface area (Å²) in [5, 5.41) is 2.90. The summed E-state index contributed by atoms with van der Waals surface area (Å²) in [4.78, 5) is 26.4. The second kappa shape index (κ2) is 7.47. The average Bonchev–Trinajstić information content (AvgIpc) is 2.67. The Kier molecular flexibility index (Phi) is 5.11. The molecule has 0 aromatic heterocycles. The SMILES string of the molecule is CCN1C(=O)CCc2cc(NC(=O)c3cc(OC)cc(OC)c3)ccc21. The van der Waals surface area contributed by atoms with Crippen LogP contribution in [0.3, 0.4) is 0 Å². The highest BCUT2D eigenvalue weighted by atomic mass is 16.5. The van der Waals surface area contributed by atoms with Crippen molar-refractivity contribution in [3.63, 3.8) is 0 Å². The normalized spacial score (nSPS) is 13.2. The molecule has 0 aliphatic carbocycles. The van der Waals surface area contributed by atoms with E-state index in [2.05, 4.69) is 5.32 Å². The van der Waals surface area contributed by atoms with E-state index in [1.54, 1.807) is 37.3 Å². The van der Waals surface area contributed by atoms with Crippen LogP contribution in [0.15, 0.2) is 36.4 Å². The van der Waals surface area contributed by atoms with Gasteiger partial charge in [-0.2, -0.15) is 0 Å². The van der Waals surface area contributed by atoms with Gasteiger partial charge in [0.25, 0.3) is 5.91 Å². The van der Waals surface area contributed by atoms with Crippen molar-refractivity contribution >= 4 is 23.2 Å². The maximum Gasteiger partial charge on any atom is 0.255 e. The fraction of sp³-hybridized carbons (Fsp3) is 0.300. The Labute approximate surface area is 152 Å².